The van der Waals surface area contributed by atoms with Crippen LogP contribution < -0.4 is 10.5 Å². The quantitative estimate of drug-likeness (QED) is 0.400. The van der Waals surface area contributed by atoms with Crippen LogP contribution in [0, 0.1) is 0 Å². The number of nitrogens with zero attached hydrogens (tertiary/aromatic N) is 3. The summed E-state index contributed by atoms with van der Waals surface area (Å²) < 4.78 is 6.62. The number of halogens is 1. The average Bonchev–Trinajstić information content (AvgIpc) is 2.91. The third-order valence-corrected chi connectivity index (χ3v) is 2.84. The summed E-state index contributed by atoms with van der Waals surface area (Å²) in [5.41, 5.74) is 6.49. The monoisotopic (exact) mass is 308 g/mol. The Balaban J connectivity index is 2.18. The number of nitrogens with two attached hydrogens (primary N) is 1. The highest BCUT2D eigenvalue weighted by molar-refractivity contribution is 6.31. The molecule has 2 N–H and O–H groups in total. The molecular formula is C13H13ClN4O3. The van der Waals surface area contributed by atoms with Gasteiger partial charge in [0.1, 0.15) is 5.75 Å². The number of methoxy groups -OCH3 is 1. The van der Waals surface area contributed by atoms with Gasteiger partial charge in [-0.05, 0) is 18.2 Å². The molecule has 21 heavy (non-hydrogen) atoms. The Morgan fingerprint density at radius 3 is 2.86 bits per heavy atom. The van der Waals surface area contributed by atoms with Gasteiger partial charge in [0.25, 0.3) is 0 Å². The Labute approximate surface area is 125 Å². The zero-order valence-corrected chi connectivity index (χ0v) is 12.2. The number of hydrogen-bond donors (Lipinski definition) is 1. The maximum atomic E-state index is 11.7. The Hall–Kier alpha value is -2.54. The van der Waals surface area contributed by atoms with E-state index in [9.17, 15) is 4.79 Å². The van der Waals surface area contributed by atoms with Crippen LogP contribution in [-0.2, 0) is 11.9 Å². The molecule has 7 nitrogen and oxygen atoms in total. The Kier molecular flexibility index (Phi) is 4.44. The van der Waals surface area contributed by atoms with E-state index in [0.29, 0.717) is 16.3 Å². The van der Waals surface area contributed by atoms with Crippen molar-refractivity contribution in [2.75, 3.05) is 7.11 Å². The van der Waals surface area contributed by atoms with E-state index in [4.69, 9.17) is 26.9 Å². The largest absolute Gasteiger partial charge is 0.496 e. The van der Waals surface area contributed by atoms with Crippen molar-refractivity contribution in [2.45, 2.75) is 0 Å². The molecule has 1 aromatic carbocycles. The predicted octanol–water partition coefficient (Wildman–Crippen LogP) is 1.56. The summed E-state index contributed by atoms with van der Waals surface area (Å²) >= 11 is 5.89. The van der Waals surface area contributed by atoms with Gasteiger partial charge in [-0.3, -0.25) is 4.68 Å². The number of amidine groups is 1. The molecular weight excluding hydrogens is 296 g/mol. The van der Waals surface area contributed by atoms with Crippen LogP contribution in [0.2, 0.25) is 5.02 Å². The normalized spacial score (nSPS) is 11.3. The first-order valence-corrected chi connectivity index (χ1v) is 6.26. The minimum atomic E-state index is -0.660. The molecule has 0 atom stereocenters. The average molecular weight is 309 g/mol. The van der Waals surface area contributed by atoms with Crippen molar-refractivity contribution >= 4 is 23.4 Å². The molecule has 1 heterocycles. The minimum absolute atomic E-state index is 0.0217. The molecule has 0 saturated heterocycles. The van der Waals surface area contributed by atoms with Gasteiger partial charge in [0.15, 0.2) is 5.84 Å². The van der Waals surface area contributed by atoms with E-state index in [1.807, 2.05) is 0 Å². The molecule has 2 rings (SSSR count). The number of rotatable bonds is 4. The van der Waals surface area contributed by atoms with E-state index < -0.39 is 5.97 Å². The summed E-state index contributed by atoms with van der Waals surface area (Å²) in [5.74, 6) is -0.211. The molecule has 1 aromatic heterocycles. The van der Waals surface area contributed by atoms with Crippen molar-refractivity contribution < 1.29 is 14.4 Å². The lowest BCUT2D eigenvalue weighted by Gasteiger charge is -2.07. The van der Waals surface area contributed by atoms with Gasteiger partial charge in [0, 0.05) is 18.3 Å². The highest BCUT2D eigenvalue weighted by atomic mass is 35.5. The number of aryl methyl sites for hydroxylation is 1. The standard InChI is InChI=1S/C13H13ClN4O3/c1-18-7-8(6-16-18)13(19)21-17-12(15)10-5-9(14)3-4-11(10)20-2/h3-7H,1-2H3,(H2,15,17). The molecule has 0 radical (unpaired) electrons. The molecule has 8 heteroatoms. The summed E-state index contributed by atoms with van der Waals surface area (Å²) in [6.07, 6.45) is 2.88. The number of aromatic nitrogens is 2. The van der Waals surface area contributed by atoms with Crippen LogP contribution in [0.4, 0.5) is 0 Å². The topological polar surface area (TPSA) is 91.7 Å². The molecule has 0 aliphatic carbocycles. The Morgan fingerprint density at radius 1 is 1.48 bits per heavy atom. The number of benzene rings is 1. The molecule has 0 amide bonds. The van der Waals surface area contributed by atoms with Crippen molar-refractivity contribution in [1.82, 2.24) is 9.78 Å². The fraction of sp³-hybridized carbons (Fsp3) is 0.154. The van der Waals surface area contributed by atoms with Gasteiger partial charge in [-0.1, -0.05) is 16.8 Å². The van der Waals surface area contributed by atoms with Crippen LogP contribution in [0.25, 0.3) is 0 Å². The summed E-state index contributed by atoms with van der Waals surface area (Å²) in [5, 5.41) is 7.92. The van der Waals surface area contributed by atoms with Gasteiger partial charge in [0.2, 0.25) is 0 Å². The van der Waals surface area contributed by atoms with Crippen LogP contribution in [0.1, 0.15) is 15.9 Å². The van der Waals surface area contributed by atoms with Crippen molar-refractivity contribution in [2.24, 2.45) is 17.9 Å². The number of hydrogen-bond acceptors (Lipinski definition) is 5. The van der Waals surface area contributed by atoms with Crippen LogP contribution in [0.3, 0.4) is 0 Å². The van der Waals surface area contributed by atoms with E-state index >= 15 is 0 Å². The first kappa shape index (κ1) is 14.9. The second kappa shape index (κ2) is 6.27. The van der Waals surface area contributed by atoms with Crippen molar-refractivity contribution in [3.05, 3.63) is 46.7 Å². The van der Waals surface area contributed by atoms with E-state index in [2.05, 4.69) is 10.3 Å². The van der Waals surface area contributed by atoms with Crippen LogP contribution in [0.15, 0.2) is 35.7 Å². The van der Waals surface area contributed by atoms with Gasteiger partial charge in [0.05, 0.1) is 24.4 Å². The van der Waals surface area contributed by atoms with Gasteiger partial charge >= 0.3 is 5.97 Å². The van der Waals surface area contributed by atoms with E-state index in [-0.39, 0.29) is 11.4 Å². The van der Waals surface area contributed by atoms with Crippen LogP contribution >= 0.6 is 11.6 Å². The lowest BCUT2D eigenvalue weighted by molar-refractivity contribution is 0.0516. The van der Waals surface area contributed by atoms with E-state index in [0.717, 1.165) is 0 Å². The maximum absolute atomic E-state index is 11.7. The van der Waals surface area contributed by atoms with Gasteiger partial charge in [-0.25, -0.2) is 4.79 Å². The third kappa shape index (κ3) is 3.51. The smallest absolute Gasteiger partial charge is 0.368 e. The van der Waals surface area contributed by atoms with Crippen molar-refractivity contribution in [1.29, 1.82) is 0 Å². The van der Waals surface area contributed by atoms with Crippen molar-refractivity contribution in [3.63, 3.8) is 0 Å². The first-order valence-electron chi connectivity index (χ1n) is 5.88. The predicted molar refractivity (Wildman–Crippen MR) is 77.4 cm³/mol. The second-order valence-electron chi connectivity index (χ2n) is 4.10. The highest BCUT2D eigenvalue weighted by Crippen LogP contribution is 2.22. The summed E-state index contributed by atoms with van der Waals surface area (Å²) in [6, 6.07) is 4.86. The molecule has 0 spiro atoms. The molecule has 0 saturated carbocycles. The Morgan fingerprint density at radius 2 is 2.24 bits per heavy atom. The maximum Gasteiger partial charge on any atom is 0.368 e. The SMILES string of the molecule is COc1ccc(Cl)cc1/C(N)=N/OC(=O)c1cnn(C)c1. The minimum Gasteiger partial charge on any atom is -0.496 e. The van der Waals surface area contributed by atoms with Gasteiger partial charge < -0.3 is 15.3 Å². The fourth-order valence-corrected chi connectivity index (χ4v) is 1.77. The lowest BCUT2D eigenvalue weighted by atomic mass is 10.2. The molecule has 2 aromatic rings. The van der Waals surface area contributed by atoms with Crippen LogP contribution in [0.5, 0.6) is 5.75 Å². The summed E-state index contributed by atoms with van der Waals surface area (Å²) in [7, 11) is 3.17. The van der Waals surface area contributed by atoms with Crippen molar-refractivity contribution in [3.8, 4) is 5.75 Å². The zero-order valence-electron chi connectivity index (χ0n) is 11.4. The number of oxime groups is 1. The Bertz CT molecular complexity index is 696. The first-order chi connectivity index (χ1) is 10.0. The lowest BCUT2D eigenvalue weighted by Crippen LogP contribution is -2.16. The molecule has 0 bridgehead atoms. The number of carbonyl (C=O) groups excluding carboxylic acids is 1. The van der Waals surface area contributed by atoms with Crippen LogP contribution in [-0.4, -0.2) is 28.7 Å². The van der Waals surface area contributed by atoms with E-state index in [1.54, 1.807) is 25.2 Å². The van der Waals surface area contributed by atoms with Gasteiger partial charge in [-0.2, -0.15) is 5.10 Å². The molecule has 0 fully saturated rings. The van der Waals surface area contributed by atoms with E-state index in [1.165, 1.54) is 24.2 Å². The fourth-order valence-electron chi connectivity index (χ4n) is 1.60. The molecule has 0 unspecified atom stereocenters. The number of carbonyl (C=O) groups is 1. The highest BCUT2D eigenvalue weighted by Gasteiger charge is 2.12. The third-order valence-electron chi connectivity index (χ3n) is 2.60. The van der Waals surface area contributed by atoms with Gasteiger partial charge in [-0.15, -0.1) is 0 Å². The summed E-state index contributed by atoms with van der Waals surface area (Å²) in [6.45, 7) is 0. The molecule has 110 valence electrons. The second-order valence-corrected chi connectivity index (χ2v) is 4.54. The zero-order chi connectivity index (χ0) is 15.4. The summed E-state index contributed by atoms with van der Waals surface area (Å²) in [4.78, 5) is 16.5. The molecule has 0 aliphatic heterocycles. The molecule has 0 aliphatic rings. The number of ether oxygens (including phenoxy) is 1.